The standard InChI is InChI=1S/C14H19F2N3O2/c1-18(9-10-4-6-17-7-5-10)13-3-2-11(19(20)21)8-12(13)14(15)16/h2-3,8,10,14,17H,4-7,9H2,1H3. The number of nitrogens with one attached hydrogen (secondary N) is 1. The predicted molar refractivity (Wildman–Crippen MR) is 76.9 cm³/mol. The summed E-state index contributed by atoms with van der Waals surface area (Å²) in [7, 11) is 1.76. The monoisotopic (exact) mass is 299 g/mol. The quantitative estimate of drug-likeness (QED) is 0.671. The van der Waals surface area contributed by atoms with E-state index in [1.54, 1.807) is 11.9 Å². The maximum absolute atomic E-state index is 13.2. The molecule has 1 fully saturated rings. The molecule has 0 saturated carbocycles. The number of benzene rings is 1. The van der Waals surface area contributed by atoms with Crippen LogP contribution in [-0.4, -0.2) is 31.6 Å². The van der Waals surface area contributed by atoms with Gasteiger partial charge >= 0.3 is 0 Å². The fraction of sp³-hybridized carbons (Fsp3) is 0.571. The van der Waals surface area contributed by atoms with E-state index in [1.807, 2.05) is 0 Å². The average Bonchev–Trinajstić information content (AvgIpc) is 2.47. The van der Waals surface area contributed by atoms with E-state index in [0.717, 1.165) is 32.0 Å². The number of non-ortho nitro benzene ring substituents is 1. The second kappa shape index (κ2) is 6.80. The number of anilines is 1. The smallest absolute Gasteiger partial charge is 0.270 e. The van der Waals surface area contributed by atoms with Crippen molar-refractivity contribution >= 4 is 11.4 Å². The van der Waals surface area contributed by atoms with Gasteiger partial charge in [0, 0.05) is 37.0 Å². The van der Waals surface area contributed by atoms with Gasteiger partial charge in [-0.1, -0.05) is 0 Å². The Morgan fingerprint density at radius 2 is 2.10 bits per heavy atom. The maximum atomic E-state index is 13.2. The second-order valence-corrected chi connectivity index (χ2v) is 5.37. The molecule has 0 radical (unpaired) electrons. The summed E-state index contributed by atoms with van der Waals surface area (Å²) < 4.78 is 26.3. The molecule has 0 spiro atoms. The summed E-state index contributed by atoms with van der Waals surface area (Å²) in [4.78, 5) is 11.8. The number of piperidine rings is 1. The fourth-order valence-corrected chi connectivity index (χ4v) is 2.73. The molecular formula is C14H19F2N3O2. The summed E-state index contributed by atoms with van der Waals surface area (Å²) in [5, 5.41) is 14.0. The minimum atomic E-state index is -2.73. The van der Waals surface area contributed by atoms with Gasteiger partial charge in [-0.2, -0.15) is 0 Å². The number of halogens is 2. The summed E-state index contributed by atoms with van der Waals surface area (Å²) >= 11 is 0. The molecule has 7 heteroatoms. The van der Waals surface area contributed by atoms with Crippen LogP contribution in [0.2, 0.25) is 0 Å². The van der Waals surface area contributed by atoms with Gasteiger partial charge in [-0.3, -0.25) is 10.1 Å². The highest BCUT2D eigenvalue weighted by Crippen LogP contribution is 2.33. The van der Waals surface area contributed by atoms with Gasteiger partial charge in [0.1, 0.15) is 0 Å². The van der Waals surface area contributed by atoms with Crippen molar-refractivity contribution in [3.63, 3.8) is 0 Å². The molecule has 0 bridgehead atoms. The Morgan fingerprint density at radius 3 is 2.67 bits per heavy atom. The van der Waals surface area contributed by atoms with Crippen LogP contribution in [0.15, 0.2) is 18.2 Å². The third-order valence-electron chi connectivity index (χ3n) is 3.86. The van der Waals surface area contributed by atoms with Crippen molar-refractivity contribution in [1.82, 2.24) is 5.32 Å². The van der Waals surface area contributed by atoms with Gasteiger partial charge in [0.2, 0.25) is 0 Å². The van der Waals surface area contributed by atoms with E-state index in [0.29, 0.717) is 18.2 Å². The van der Waals surface area contributed by atoms with E-state index in [1.165, 1.54) is 12.1 Å². The molecule has 5 nitrogen and oxygen atoms in total. The molecule has 1 heterocycles. The first-order chi connectivity index (χ1) is 9.99. The lowest BCUT2D eigenvalue weighted by molar-refractivity contribution is -0.385. The zero-order valence-electron chi connectivity index (χ0n) is 11.9. The number of nitro groups is 1. The van der Waals surface area contributed by atoms with Gasteiger partial charge in [-0.05, 0) is 37.9 Å². The van der Waals surface area contributed by atoms with Crippen molar-refractivity contribution in [3.8, 4) is 0 Å². The zero-order chi connectivity index (χ0) is 15.4. The number of nitro benzene ring substituents is 1. The Balaban J connectivity index is 2.18. The number of hydrogen-bond donors (Lipinski definition) is 1. The SMILES string of the molecule is CN(CC1CCNCC1)c1ccc([N+](=O)[O-])cc1C(F)F. The molecule has 0 amide bonds. The van der Waals surface area contributed by atoms with Gasteiger partial charge in [0.15, 0.2) is 0 Å². The van der Waals surface area contributed by atoms with E-state index in [4.69, 9.17) is 0 Å². The van der Waals surface area contributed by atoms with Crippen molar-refractivity contribution in [1.29, 1.82) is 0 Å². The molecule has 0 aliphatic carbocycles. The van der Waals surface area contributed by atoms with Crippen LogP contribution in [0.25, 0.3) is 0 Å². The first kappa shape index (κ1) is 15.6. The maximum Gasteiger partial charge on any atom is 0.270 e. The number of rotatable bonds is 5. The van der Waals surface area contributed by atoms with Crippen LogP contribution >= 0.6 is 0 Å². The molecule has 1 aliphatic heterocycles. The minimum Gasteiger partial charge on any atom is -0.374 e. The Hall–Kier alpha value is -1.76. The molecular weight excluding hydrogens is 280 g/mol. The Kier molecular flexibility index (Phi) is 5.06. The molecule has 1 aromatic carbocycles. The van der Waals surface area contributed by atoms with Crippen LogP contribution in [0.3, 0.4) is 0 Å². The van der Waals surface area contributed by atoms with Crippen LogP contribution in [0.5, 0.6) is 0 Å². The number of hydrogen-bond acceptors (Lipinski definition) is 4. The minimum absolute atomic E-state index is 0.277. The highest BCUT2D eigenvalue weighted by Gasteiger charge is 2.22. The molecule has 21 heavy (non-hydrogen) atoms. The van der Waals surface area contributed by atoms with Gasteiger partial charge in [0.25, 0.3) is 12.1 Å². The molecule has 1 N–H and O–H groups in total. The Morgan fingerprint density at radius 1 is 1.43 bits per heavy atom. The molecule has 116 valence electrons. The van der Waals surface area contributed by atoms with Crippen molar-refractivity contribution in [2.75, 3.05) is 31.6 Å². The summed E-state index contributed by atoms with van der Waals surface area (Å²) in [6.45, 7) is 2.57. The zero-order valence-corrected chi connectivity index (χ0v) is 11.9. The Bertz CT molecular complexity index is 505. The fourth-order valence-electron chi connectivity index (χ4n) is 2.73. The van der Waals surface area contributed by atoms with Crippen LogP contribution in [0.1, 0.15) is 24.8 Å². The van der Waals surface area contributed by atoms with E-state index < -0.39 is 11.3 Å². The molecule has 0 unspecified atom stereocenters. The van der Waals surface area contributed by atoms with Gasteiger partial charge in [-0.25, -0.2) is 8.78 Å². The second-order valence-electron chi connectivity index (χ2n) is 5.37. The normalized spacial score (nSPS) is 16.2. The van der Waals surface area contributed by atoms with Gasteiger partial charge in [-0.15, -0.1) is 0 Å². The van der Waals surface area contributed by atoms with Crippen LogP contribution in [-0.2, 0) is 0 Å². The van der Waals surface area contributed by atoms with E-state index in [2.05, 4.69) is 5.32 Å². The molecule has 0 aromatic heterocycles. The topological polar surface area (TPSA) is 58.4 Å². The third-order valence-corrected chi connectivity index (χ3v) is 3.86. The Labute approximate surface area is 122 Å². The number of nitrogens with zero attached hydrogens (tertiary/aromatic N) is 2. The molecule has 1 aromatic rings. The first-order valence-electron chi connectivity index (χ1n) is 6.97. The van der Waals surface area contributed by atoms with Gasteiger partial charge < -0.3 is 10.2 Å². The summed E-state index contributed by atoms with van der Waals surface area (Å²) in [6.07, 6.45) is -0.696. The van der Waals surface area contributed by atoms with Gasteiger partial charge in [0.05, 0.1) is 4.92 Å². The van der Waals surface area contributed by atoms with E-state index in [9.17, 15) is 18.9 Å². The van der Waals surface area contributed by atoms with Crippen LogP contribution in [0, 0.1) is 16.0 Å². The summed E-state index contributed by atoms with van der Waals surface area (Å²) in [5.41, 5.74) is -0.209. The van der Waals surface area contributed by atoms with Crippen molar-refractivity contribution in [3.05, 3.63) is 33.9 Å². The molecule has 1 aliphatic rings. The largest absolute Gasteiger partial charge is 0.374 e. The van der Waals surface area contributed by atoms with E-state index in [-0.39, 0.29) is 11.3 Å². The lowest BCUT2D eigenvalue weighted by atomic mass is 9.97. The summed E-state index contributed by atoms with van der Waals surface area (Å²) in [5.74, 6) is 0.456. The van der Waals surface area contributed by atoms with Crippen molar-refractivity contribution in [2.24, 2.45) is 5.92 Å². The highest BCUT2D eigenvalue weighted by molar-refractivity contribution is 5.58. The van der Waals surface area contributed by atoms with Crippen molar-refractivity contribution in [2.45, 2.75) is 19.3 Å². The third kappa shape index (κ3) is 3.87. The molecule has 2 rings (SSSR count). The molecule has 0 atom stereocenters. The average molecular weight is 299 g/mol. The van der Waals surface area contributed by atoms with Crippen molar-refractivity contribution < 1.29 is 13.7 Å². The summed E-state index contributed by atoms with van der Waals surface area (Å²) in [6, 6.07) is 3.67. The lowest BCUT2D eigenvalue weighted by Gasteiger charge is -2.29. The lowest BCUT2D eigenvalue weighted by Crippen LogP contribution is -2.34. The predicted octanol–water partition coefficient (Wildman–Crippen LogP) is 2.97. The molecule has 1 saturated heterocycles. The first-order valence-corrected chi connectivity index (χ1v) is 6.97. The van der Waals surface area contributed by atoms with Crippen LogP contribution < -0.4 is 10.2 Å². The van der Waals surface area contributed by atoms with Crippen LogP contribution in [0.4, 0.5) is 20.2 Å². The van der Waals surface area contributed by atoms with E-state index >= 15 is 0 Å². The number of alkyl halides is 2. The highest BCUT2D eigenvalue weighted by atomic mass is 19.3.